The summed E-state index contributed by atoms with van der Waals surface area (Å²) in [6.45, 7) is 0. The van der Waals surface area contributed by atoms with E-state index in [4.69, 9.17) is 10.8 Å². The molecular weight excluding hydrogens is 163 g/mol. The third-order valence-electron chi connectivity index (χ3n) is 1.27. The quantitative estimate of drug-likeness (QED) is 0.631. The molecule has 4 nitrogen and oxygen atoms in total. The van der Waals surface area contributed by atoms with Crippen molar-refractivity contribution in [2.24, 2.45) is 0 Å². The lowest BCUT2D eigenvalue weighted by Crippen LogP contribution is -2.04. The summed E-state index contributed by atoms with van der Waals surface area (Å²) < 4.78 is 12.6. The van der Waals surface area contributed by atoms with E-state index in [0.29, 0.717) is 0 Å². The number of carboxylic acids is 1. The zero-order valence-electron chi connectivity index (χ0n) is 6.12. The molecule has 3 N–H and O–H groups in total. The largest absolute Gasteiger partial charge is 0.481 e. The van der Waals surface area contributed by atoms with Crippen molar-refractivity contribution in [1.29, 1.82) is 0 Å². The Morgan fingerprint density at radius 1 is 1.67 bits per heavy atom. The first kappa shape index (κ1) is 8.45. The second-order valence-corrected chi connectivity index (χ2v) is 2.25. The van der Waals surface area contributed by atoms with Gasteiger partial charge in [0.2, 0.25) is 5.95 Å². The van der Waals surface area contributed by atoms with Crippen LogP contribution < -0.4 is 5.73 Å². The second kappa shape index (κ2) is 3.17. The van der Waals surface area contributed by atoms with Crippen molar-refractivity contribution >= 4 is 11.7 Å². The number of nitrogens with two attached hydrogens (primary N) is 1. The minimum absolute atomic E-state index is 0.0795. The van der Waals surface area contributed by atoms with E-state index in [0.717, 1.165) is 0 Å². The van der Waals surface area contributed by atoms with E-state index in [2.05, 4.69) is 4.98 Å². The highest BCUT2D eigenvalue weighted by molar-refractivity contribution is 5.69. The first-order valence-electron chi connectivity index (χ1n) is 3.22. The number of hydrogen-bond acceptors (Lipinski definition) is 3. The van der Waals surface area contributed by atoms with Crippen LogP contribution in [-0.2, 0) is 11.2 Å². The van der Waals surface area contributed by atoms with Crippen molar-refractivity contribution in [3.8, 4) is 0 Å². The summed E-state index contributed by atoms with van der Waals surface area (Å²) >= 11 is 0. The van der Waals surface area contributed by atoms with E-state index in [9.17, 15) is 9.18 Å². The highest BCUT2D eigenvalue weighted by atomic mass is 19.1. The highest BCUT2D eigenvalue weighted by Gasteiger charge is 2.04. The Balaban J connectivity index is 2.89. The van der Waals surface area contributed by atoms with Gasteiger partial charge in [-0.1, -0.05) is 0 Å². The molecule has 1 rings (SSSR count). The molecule has 0 aliphatic heterocycles. The van der Waals surface area contributed by atoms with Gasteiger partial charge in [-0.15, -0.1) is 0 Å². The fourth-order valence-electron chi connectivity index (χ4n) is 0.736. The third-order valence-corrected chi connectivity index (χ3v) is 1.27. The number of halogens is 1. The number of anilines is 1. The maximum atomic E-state index is 12.6. The van der Waals surface area contributed by atoms with Gasteiger partial charge in [-0.2, -0.15) is 4.39 Å². The Morgan fingerprint density at radius 3 is 2.83 bits per heavy atom. The van der Waals surface area contributed by atoms with Crippen molar-refractivity contribution in [2.75, 3.05) is 5.73 Å². The number of nitrogen functional groups attached to an aromatic ring is 1. The average molecular weight is 170 g/mol. The Labute approximate surface area is 67.8 Å². The van der Waals surface area contributed by atoms with Gasteiger partial charge >= 0.3 is 5.97 Å². The van der Waals surface area contributed by atoms with Gasteiger partial charge in [-0.25, -0.2) is 4.98 Å². The number of nitrogens with zero attached hydrogens (tertiary/aromatic N) is 1. The van der Waals surface area contributed by atoms with Crippen molar-refractivity contribution in [2.45, 2.75) is 6.42 Å². The average Bonchev–Trinajstić information content (AvgIpc) is 1.96. The summed E-state index contributed by atoms with van der Waals surface area (Å²) in [4.78, 5) is 13.5. The monoisotopic (exact) mass is 170 g/mol. The van der Waals surface area contributed by atoms with Crippen LogP contribution in [-0.4, -0.2) is 16.1 Å². The van der Waals surface area contributed by atoms with Crippen molar-refractivity contribution in [3.63, 3.8) is 0 Å². The third kappa shape index (κ3) is 1.91. The molecule has 0 aliphatic rings. The molecule has 12 heavy (non-hydrogen) atoms. The first-order chi connectivity index (χ1) is 5.59. The molecule has 1 aromatic rings. The Morgan fingerprint density at radius 2 is 2.33 bits per heavy atom. The maximum Gasteiger partial charge on any atom is 0.309 e. The molecule has 64 valence electrons. The van der Waals surface area contributed by atoms with E-state index < -0.39 is 11.9 Å². The number of carbonyl (C=O) groups is 1. The van der Waals surface area contributed by atoms with Gasteiger partial charge in [0.1, 0.15) is 0 Å². The second-order valence-electron chi connectivity index (χ2n) is 2.25. The van der Waals surface area contributed by atoms with Crippen molar-refractivity contribution < 1.29 is 14.3 Å². The molecule has 1 aromatic heterocycles. The van der Waals surface area contributed by atoms with Crippen LogP contribution in [0.3, 0.4) is 0 Å². The lowest BCUT2D eigenvalue weighted by molar-refractivity contribution is -0.136. The zero-order valence-corrected chi connectivity index (χ0v) is 6.12. The van der Waals surface area contributed by atoms with Crippen LogP contribution in [0.1, 0.15) is 5.69 Å². The maximum absolute atomic E-state index is 12.6. The summed E-state index contributed by atoms with van der Waals surface area (Å²) in [5, 5.41) is 8.33. The van der Waals surface area contributed by atoms with Gasteiger partial charge in [0.15, 0.2) is 0 Å². The predicted octanol–water partition coefficient (Wildman–Crippen LogP) is 0.430. The molecule has 0 aromatic carbocycles. The molecule has 0 spiro atoms. The van der Waals surface area contributed by atoms with Crippen molar-refractivity contribution in [1.82, 2.24) is 4.98 Å². The molecule has 0 bridgehead atoms. The molecule has 5 heteroatoms. The molecule has 0 saturated carbocycles. The molecule has 0 aliphatic carbocycles. The summed E-state index contributed by atoms with van der Waals surface area (Å²) in [5.74, 6) is -1.87. The van der Waals surface area contributed by atoms with Gasteiger partial charge in [-0.3, -0.25) is 4.79 Å². The Hall–Kier alpha value is -1.65. The molecule has 0 amide bonds. The first-order valence-corrected chi connectivity index (χ1v) is 3.22. The van der Waals surface area contributed by atoms with Gasteiger partial charge in [0, 0.05) is 0 Å². The molecule has 0 unspecified atom stereocenters. The minimum Gasteiger partial charge on any atom is -0.481 e. The topological polar surface area (TPSA) is 76.2 Å². The smallest absolute Gasteiger partial charge is 0.309 e. The van der Waals surface area contributed by atoms with Gasteiger partial charge in [0.25, 0.3) is 0 Å². The van der Waals surface area contributed by atoms with E-state index in [1.54, 1.807) is 0 Å². The summed E-state index contributed by atoms with van der Waals surface area (Å²) in [6, 6.07) is 2.67. The number of pyridine rings is 1. The number of carboxylic acid groups (broad SMARTS) is 1. The fourth-order valence-corrected chi connectivity index (χ4v) is 0.736. The highest BCUT2D eigenvalue weighted by Crippen LogP contribution is 2.07. The van der Waals surface area contributed by atoms with Crippen LogP contribution in [0.4, 0.5) is 10.1 Å². The summed E-state index contributed by atoms with van der Waals surface area (Å²) in [6.07, 6.45) is -0.294. The molecule has 0 saturated heterocycles. The van der Waals surface area contributed by atoms with E-state index in [1.807, 2.05) is 0 Å². The number of aliphatic carboxylic acids is 1. The fraction of sp³-hybridized carbons (Fsp3) is 0.143. The Kier molecular flexibility index (Phi) is 2.23. The lowest BCUT2D eigenvalue weighted by Gasteiger charge is -1.98. The number of aromatic nitrogens is 1. The van der Waals surface area contributed by atoms with E-state index in [-0.39, 0.29) is 17.8 Å². The van der Waals surface area contributed by atoms with Crippen molar-refractivity contribution in [3.05, 3.63) is 23.8 Å². The molecule has 0 fully saturated rings. The van der Waals surface area contributed by atoms with Crippen LogP contribution in [0, 0.1) is 5.95 Å². The lowest BCUT2D eigenvalue weighted by atomic mass is 10.2. The normalized spacial score (nSPS) is 9.75. The van der Waals surface area contributed by atoms with E-state index in [1.165, 1.54) is 12.1 Å². The summed E-state index contributed by atoms with van der Waals surface area (Å²) in [7, 11) is 0. The molecule has 0 radical (unpaired) electrons. The standard InChI is InChI=1S/C7H7FN2O2/c8-7-5(9)2-1-4(10-7)3-6(11)12/h1-2H,3,9H2,(H,11,12). The van der Waals surface area contributed by atoms with Crippen LogP contribution in [0.25, 0.3) is 0 Å². The molecular formula is C7H7FN2O2. The molecule has 1 heterocycles. The van der Waals surface area contributed by atoms with Crippen LogP contribution in [0.2, 0.25) is 0 Å². The van der Waals surface area contributed by atoms with Gasteiger partial charge in [-0.05, 0) is 12.1 Å². The van der Waals surface area contributed by atoms with Crippen LogP contribution in [0.15, 0.2) is 12.1 Å². The SMILES string of the molecule is Nc1ccc(CC(=O)O)nc1F. The van der Waals surface area contributed by atoms with Gasteiger partial charge < -0.3 is 10.8 Å². The van der Waals surface area contributed by atoms with Gasteiger partial charge in [0.05, 0.1) is 17.8 Å². The predicted molar refractivity (Wildman–Crippen MR) is 39.9 cm³/mol. The van der Waals surface area contributed by atoms with E-state index >= 15 is 0 Å². The summed E-state index contributed by atoms with van der Waals surface area (Å²) in [5.41, 5.74) is 5.22. The zero-order chi connectivity index (χ0) is 9.14. The Bertz CT molecular complexity index is 314. The van der Waals surface area contributed by atoms with Crippen LogP contribution >= 0.6 is 0 Å². The number of hydrogen-bond donors (Lipinski definition) is 2. The number of rotatable bonds is 2. The van der Waals surface area contributed by atoms with Crippen LogP contribution in [0.5, 0.6) is 0 Å². The minimum atomic E-state index is -1.05. The molecule has 0 atom stereocenters.